The number of fused-ring (bicyclic) bond motifs is 3. The van der Waals surface area contributed by atoms with Gasteiger partial charge in [-0.25, -0.2) is 4.79 Å². The standard InChI is InChI=1S/C12H8O3/c13-12-9-5-3-7-14-11(9)8-4-1-2-6-10(8)15-12/h1-7,11H. The summed E-state index contributed by atoms with van der Waals surface area (Å²) >= 11 is 0. The second-order valence-electron chi connectivity index (χ2n) is 3.39. The van der Waals surface area contributed by atoms with E-state index in [1.54, 1.807) is 24.5 Å². The molecule has 0 aliphatic carbocycles. The normalized spacial score (nSPS) is 22.0. The third kappa shape index (κ3) is 1.16. The van der Waals surface area contributed by atoms with Crippen LogP contribution in [0.3, 0.4) is 0 Å². The van der Waals surface area contributed by atoms with Gasteiger partial charge < -0.3 is 9.47 Å². The number of ether oxygens (including phenoxy) is 2. The van der Waals surface area contributed by atoms with Gasteiger partial charge in [-0.05, 0) is 18.2 Å². The molecule has 0 radical (unpaired) electrons. The van der Waals surface area contributed by atoms with Crippen molar-refractivity contribution >= 4 is 5.97 Å². The van der Waals surface area contributed by atoms with E-state index in [1.807, 2.05) is 18.2 Å². The number of para-hydroxylation sites is 1. The summed E-state index contributed by atoms with van der Waals surface area (Å²) in [6.07, 6.45) is 4.70. The van der Waals surface area contributed by atoms with Crippen LogP contribution in [-0.2, 0) is 9.53 Å². The molecule has 0 saturated carbocycles. The summed E-state index contributed by atoms with van der Waals surface area (Å²) in [4.78, 5) is 11.6. The van der Waals surface area contributed by atoms with Crippen molar-refractivity contribution in [2.75, 3.05) is 0 Å². The van der Waals surface area contributed by atoms with Crippen LogP contribution in [-0.4, -0.2) is 5.97 Å². The van der Waals surface area contributed by atoms with Crippen LogP contribution in [0.1, 0.15) is 11.7 Å². The Morgan fingerprint density at radius 3 is 3.00 bits per heavy atom. The SMILES string of the molecule is O=C1Oc2ccccc2C2OC=CC=C12. The Bertz CT molecular complexity index is 485. The molecule has 0 aromatic heterocycles. The molecule has 0 amide bonds. The second kappa shape index (κ2) is 2.98. The predicted octanol–water partition coefficient (Wildman–Crippen LogP) is 2.12. The van der Waals surface area contributed by atoms with Crippen molar-refractivity contribution in [3.8, 4) is 5.75 Å². The third-order valence-corrected chi connectivity index (χ3v) is 2.49. The topological polar surface area (TPSA) is 35.5 Å². The summed E-state index contributed by atoms with van der Waals surface area (Å²) in [5.74, 6) is 0.253. The minimum atomic E-state index is -0.331. The summed E-state index contributed by atoms with van der Waals surface area (Å²) in [5.41, 5.74) is 1.45. The van der Waals surface area contributed by atoms with Gasteiger partial charge in [0.25, 0.3) is 0 Å². The van der Waals surface area contributed by atoms with Gasteiger partial charge in [-0.3, -0.25) is 0 Å². The minimum Gasteiger partial charge on any atom is -0.488 e. The van der Waals surface area contributed by atoms with Crippen LogP contribution in [0, 0.1) is 0 Å². The molecule has 0 saturated heterocycles. The first-order chi connectivity index (χ1) is 7.36. The van der Waals surface area contributed by atoms with Gasteiger partial charge in [-0.1, -0.05) is 18.2 Å². The maximum atomic E-state index is 11.6. The maximum Gasteiger partial charge on any atom is 0.343 e. The molecule has 0 spiro atoms. The van der Waals surface area contributed by atoms with Gasteiger partial charge in [-0.15, -0.1) is 0 Å². The fourth-order valence-corrected chi connectivity index (χ4v) is 1.79. The highest BCUT2D eigenvalue weighted by atomic mass is 16.5. The van der Waals surface area contributed by atoms with E-state index in [4.69, 9.17) is 9.47 Å². The van der Waals surface area contributed by atoms with E-state index in [9.17, 15) is 4.79 Å². The van der Waals surface area contributed by atoms with E-state index in [-0.39, 0.29) is 12.1 Å². The lowest BCUT2D eigenvalue weighted by Crippen LogP contribution is -2.25. The fraction of sp³-hybridized carbons (Fsp3) is 0.0833. The molecule has 0 N–H and O–H groups in total. The van der Waals surface area contributed by atoms with E-state index in [1.165, 1.54) is 0 Å². The monoisotopic (exact) mass is 200 g/mol. The number of hydrogen-bond acceptors (Lipinski definition) is 3. The molecule has 2 heterocycles. The quantitative estimate of drug-likeness (QED) is 0.475. The zero-order valence-corrected chi connectivity index (χ0v) is 7.84. The number of benzene rings is 1. The van der Waals surface area contributed by atoms with E-state index < -0.39 is 0 Å². The lowest BCUT2D eigenvalue weighted by molar-refractivity contribution is -0.132. The fourth-order valence-electron chi connectivity index (χ4n) is 1.79. The van der Waals surface area contributed by atoms with E-state index in [0.717, 1.165) is 5.56 Å². The van der Waals surface area contributed by atoms with Crippen molar-refractivity contribution < 1.29 is 14.3 Å². The number of esters is 1. The number of carbonyl (C=O) groups excluding carboxylic acids is 1. The number of rotatable bonds is 0. The van der Waals surface area contributed by atoms with Gasteiger partial charge in [-0.2, -0.15) is 0 Å². The Balaban J connectivity index is 2.17. The minimum absolute atomic E-state index is 0.313. The summed E-state index contributed by atoms with van der Waals surface area (Å²) in [6, 6.07) is 7.40. The van der Waals surface area contributed by atoms with Crippen molar-refractivity contribution in [3.05, 3.63) is 53.8 Å². The van der Waals surface area contributed by atoms with Gasteiger partial charge >= 0.3 is 5.97 Å². The summed E-state index contributed by atoms with van der Waals surface area (Å²) in [5, 5.41) is 0. The molecule has 15 heavy (non-hydrogen) atoms. The third-order valence-electron chi connectivity index (χ3n) is 2.49. The first kappa shape index (κ1) is 8.29. The van der Waals surface area contributed by atoms with Gasteiger partial charge in [0.1, 0.15) is 5.75 Å². The highest BCUT2D eigenvalue weighted by molar-refractivity contribution is 5.94. The maximum absolute atomic E-state index is 11.6. The Kier molecular flexibility index (Phi) is 1.65. The molecule has 3 nitrogen and oxygen atoms in total. The van der Waals surface area contributed by atoms with Crippen molar-refractivity contribution in [1.29, 1.82) is 0 Å². The Morgan fingerprint density at radius 1 is 1.20 bits per heavy atom. The molecular formula is C12H8O3. The van der Waals surface area contributed by atoms with Crippen LogP contribution in [0.2, 0.25) is 0 Å². The second-order valence-corrected chi connectivity index (χ2v) is 3.39. The number of hydrogen-bond donors (Lipinski definition) is 0. The number of carbonyl (C=O) groups is 1. The van der Waals surface area contributed by atoms with Crippen LogP contribution in [0.5, 0.6) is 5.75 Å². The average molecular weight is 200 g/mol. The predicted molar refractivity (Wildman–Crippen MR) is 53.1 cm³/mol. The molecule has 1 atom stereocenters. The lowest BCUT2D eigenvalue weighted by atomic mass is 9.97. The summed E-state index contributed by atoms with van der Waals surface area (Å²) in [7, 11) is 0. The number of allylic oxidation sites excluding steroid dienone is 2. The molecule has 1 aromatic rings. The van der Waals surface area contributed by atoms with Crippen LogP contribution in [0.25, 0.3) is 0 Å². The molecule has 1 aromatic carbocycles. The van der Waals surface area contributed by atoms with Crippen LogP contribution in [0.4, 0.5) is 0 Å². The average Bonchev–Trinajstić information content (AvgIpc) is 2.30. The highest BCUT2D eigenvalue weighted by Gasteiger charge is 2.33. The summed E-state index contributed by atoms with van der Waals surface area (Å²) < 4.78 is 10.6. The van der Waals surface area contributed by atoms with Crippen LogP contribution < -0.4 is 4.74 Å². The largest absolute Gasteiger partial charge is 0.488 e. The lowest BCUT2D eigenvalue weighted by Gasteiger charge is -2.27. The molecule has 0 fully saturated rings. The van der Waals surface area contributed by atoms with Crippen LogP contribution >= 0.6 is 0 Å². The van der Waals surface area contributed by atoms with Gasteiger partial charge in [0, 0.05) is 5.56 Å². The molecule has 1 unspecified atom stereocenters. The molecule has 2 aliphatic rings. The zero-order chi connectivity index (χ0) is 10.3. The first-order valence-electron chi connectivity index (χ1n) is 4.69. The van der Waals surface area contributed by atoms with Crippen molar-refractivity contribution in [2.45, 2.75) is 6.10 Å². The highest BCUT2D eigenvalue weighted by Crippen LogP contribution is 2.39. The van der Waals surface area contributed by atoms with Gasteiger partial charge in [0.2, 0.25) is 0 Å². The molecule has 3 rings (SSSR count). The molecule has 0 bridgehead atoms. The van der Waals surface area contributed by atoms with Crippen LogP contribution in [0.15, 0.2) is 48.3 Å². The van der Waals surface area contributed by atoms with Gasteiger partial charge in [0.15, 0.2) is 6.10 Å². The van der Waals surface area contributed by atoms with E-state index >= 15 is 0 Å². The Hall–Kier alpha value is -2.03. The molecule has 3 heteroatoms. The smallest absolute Gasteiger partial charge is 0.343 e. The Labute approximate surface area is 86.6 Å². The van der Waals surface area contributed by atoms with E-state index in [2.05, 4.69) is 0 Å². The van der Waals surface area contributed by atoms with Crippen molar-refractivity contribution in [2.24, 2.45) is 0 Å². The van der Waals surface area contributed by atoms with E-state index in [0.29, 0.717) is 11.3 Å². The first-order valence-corrected chi connectivity index (χ1v) is 4.69. The molecular weight excluding hydrogens is 192 g/mol. The molecule has 74 valence electrons. The van der Waals surface area contributed by atoms with Gasteiger partial charge in [0.05, 0.1) is 11.8 Å². The Morgan fingerprint density at radius 2 is 2.07 bits per heavy atom. The molecule has 2 aliphatic heterocycles. The van der Waals surface area contributed by atoms with Crippen molar-refractivity contribution in [1.82, 2.24) is 0 Å². The summed E-state index contributed by atoms with van der Waals surface area (Å²) in [6.45, 7) is 0. The van der Waals surface area contributed by atoms with Crippen molar-refractivity contribution in [3.63, 3.8) is 0 Å². The zero-order valence-electron chi connectivity index (χ0n) is 7.84.